The van der Waals surface area contributed by atoms with Crippen molar-refractivity contribution in [2.24, 2.45) is 5.73 Å². The molecule has 7 heteroatoms. The van der Waals surface area contributed by atoms with E-state index in [9.17, 15) is 4.79 Å². The molecule has 0 saturated heterocycles. The SMILES string of the molecule is CC(C)(C)OC(=O)N(CCc1cn(CCN)cn1)Cc1ccc(-c2ccccc2)c(Cl)c1. The lowest BCUT2D eigenvalue weighted by Crippen LogP contribution is -2.37. The molecular formula is C25H31ClN4O2. The van der Waals surface area contributed by atoms with Crippen LogP contribution in [0.5, 0.6) is 0 Å². The van der Waals surface area contributed by atoms with Gasteiger partial charge in [-0.05, 0) is 38.0 Å². The van der Waals surface area contributed by atoms with Crippen LogP contribution in [-0.4, -0.2) is 39.2 Å². The minimum Gasteiger partial charge on any atom is -0.444 e. The Morgan fingerprint density at radius 3 is 2.59 bits per heavy atom. The van der Waals surface area contributed by atoms with E-state index in [1.807, 2.05) is 80.1 Å². The molecule has 1 heterocycles. The van der Waals surface area contributed by atoms with Gasteiger partial charge in [0.2, 0.25) is 0 Å². The molecule has 2 aromatic carbocycles. The van der Waals surface area contributed by atoms with Gasteiger partial charge in [0, 0.05) is 49.4 Å². The number of hydrogen-bond donors (Lipinski definition) is 1. The maximum Gasteiger partial charge on any atom is 0.410 e. The topological polar surface area (TPSA) is 73.4 Å². The number of ether oxygens (including phenoxy) is 1. The lowest BCUT2D eigenvalue weighted by Gasteiger charge is -2.27. The maximum atomic E-state index is 12.9. The van der Waals surface area contributed by atoms with Gasteiger partial charge in [0.1, 0.15) is 5.60 Å². The number of halogens is 1. The molecule has 0 aliphatic rings. The second-order valence-electron chi connectivity index (χ2n) is 8.72. The number of nitrogens with two attached hydrogens (primary N) is 1. The van der Waals surface area contributed by atoms with Crippen LogP contribution in [-0.2, 0) is 24.2 Å². The number of benzene rings is 2. The number of rotatable bonds is 8. The first kappa shape index (κ1) is 23.8. The van der Waals surface area contributed by atoms with E-state index in [2.05, 4.69) is 4.98 Å². The number of imidazole rings is 1. The Kier molecular flexibility index (Phi) is 7.94. The van der Waals surface area contributed by atoms with E-state index in [1.54, 1.807) is 11.2 Å². The third-order valence-electron chi connectivity index (χ3n) is 4.86. The highest BCUT2D eigenvalue weighted by atomic mass is 35.5. The molecule has 3 rings (SSSR count). The van der Waals surface area contributed by atoms with E-state index in [1.165, 1.54) is 0 Å². The fourth-order valence-electron chi connectivity index (χ4n) is 3.35. The molecule has 6 nitrogen and oxygen atoms in total. The Hall–Kier alpha value is -2.83. The number of nitrogens with zero attached hydrogens (tertiary/aromatic N) is 3. The largest absolute Gasteiger partial charge is 0.444 e. The average molecular weight is 455 g/mol. The first-order chi connectivity index (χ1) is 15.2. The molecular weight excluding hydrogens is 424 g/mol. The summed E-state index contributed by atoms with van der Waals surface area (Å²) in [6, 6.07) is 15.9. The van der Waals surface area contributed by atoms with Crippen LogP contribution in [0.1, 0.15) is 32.0 Å². The number of amides is 1. The summed E-state index contributed by atoms with van der Waals surface area (Å²) in [5, 5.41) is 0.651. The summed E-state index contributed by atoms with van der Waals surface area (Å²) in [5.74, 6) is 0. The highest BCUT2D eigenvalue weighted by Crippen LogP contribution is 2.29. The Morgan fingerprint density at radius 1 is 1.19 bits per heavy atom. The van der Waals surface area contributed by atoms with Crippen LogP contribution >= 0.6 is 11.6 Å². The summed E-state index contributed by atoms with van der Waals surface area (Å²) < 4.78 is 7.59. The van der Waals surface area contributed by atoms with Crippen molar-refractivity contribution in [3.05, 3.63) is 77.3 Å². The van der Waals surface area contributed by atoms with E-state index in [4.69, 9.17) is 22.1 Å². The molecule has 0 fully saturated rings. The average Bonchev–Trinajstić information content (AvgIpc) is 3.18. The van der Waals surface area contributed by atoms with Crippen LogP contribution in [0.3, 0.4) is 0 Å². The van der Waals surface area contributed by atoms with Crippen LogP contribution in [0.4, 0.5) is 4.79 Å². The van der Waals surface area contributed by atoms with Gasteiger partial charge in [-0.1, -0.05) is 54.1 Å². The molecule has 1 amide bonds. The molecule has 0 spiro atoms. The summed E-state index contributed by atoms with van der Waals surface area (Å²) in [6.07, 6.45) is 3.99. The molecule has 3 aromatic rings. The second-order valence-corrected chi connectivity index (χ2v) is 9.13. The molecule has 32 heavy (non-hydrogen) atoms. The third-order valence-corrected chi connectivity index (χ3v) is 5.17. The summed E-state index contributed by atoms with van der Waals surface area (Å²) in [6.45, 7) is 7.74. The van der Waals surface area contributed by atoms with Crippen molar-refractivity contribution >= 4 is 17.7 Å². The van der Waals surface area contributed by atoms with Crippen molar-refractivity contribution in [3.63, 3.8) is 0 Å². The molecule has 2 N–H and O–H groups in total. The van der Waals surface area contributed by atoms with E-state index < -0.39 is 5.60 Å². The Bertz CT molecular complexity index is 1030. The van der Waals surface area contributed by atoms with Gasteiger partial charge < -0.3 is 19.9 Å². The molecule has 0 aliphatic heterocycles. The molecule has 0 aliphatic carbocycles. The van der Waals surface area contributed by atoms with Gasteiger partial charge >= 0.3 is 6.09 Å². The van der Waals surface area contributed by atoms with Gasteiger partial charge in [0.25, 0.3) is 0 Å². The van der Waals surface area contributed by atoms with Gasteiger partial charge in [0.15, 0.2) is 0 Å². The predicted octanol–water partition coefficient (Wildman–Crippen LogP) is 5.14. The van der Waals surface area contributed by atoms with E-state index in [-0.39, 0.29) is 6.09 Å². The first-order valence-electron chi connectivity index (χ1n) is 10.8. The third kappa shape index (κ3) is 6.84. The van der Waals surface area contributed by atoms with Crippen molar-refractivity contribution in [2.75, 3.05) is 13.1 Å². The normalized spacial score (nSPS) is 11.4. The van der Waals surface area contributed by atoms with Crippen molar-refractivity contribution in [2.45, 2.75) is 45.9 Å². The summed E-state index contributed by atoms with van der Waals surface area (Å²) in [4.78, 5) is 19.0. The standard InChI is InChI=1S/C25H31ClN4O2/c1-25(2,3)32-24(31)30(13-11-21-17-29(14-12-27)18-28-21)16-19-9-10-22(23(26)15-19)20-7-5-4-6-8-20/h4-10,15,17-18H,11-14,16,27H2,1-3H3. The maximum absolute atomic E-state index is 12.9. The lowest BCUT2D eigenvalue weighted by molar-refractivity contribution is 0.0235. The van der Waals surface area contributed by atoms with Crippen molar-refractivity contribution in [3.8, 4) is 11.1 Å². The van der Waals surface area contributed by atoms with Crippen LogP contribution < -0.4 is 5.73 Å². The lowest BCUT2D eigenvalue weighted by atomic mass is 10.0. The van der Waals surface area contributed by atoms with Crippen LogP contribution in [0, 0.1) is 0 Å². The zero-order valence-corrected chi connectivity index (χ0v) is 19.7. The van der Waals surface area contributed by atoms with Crippen LogP contribution in [0.2, 0.25) is 5.02 Å². The molecule has 0 bridgehead atoms. The van der Waals surface area contributed by atoms with Gasteiger partial charge in [0.05, 0.1) is 12.0 Å². The Labute approximate surface area is 195 Å². The molecule has 0 atom stereocenters. The Balaban J connectivity index is 1.75. The highest BCUT2D eigenvalue weighted by Gasteiger charge is 2.23. The van der Waals surface area contributed by atoms with Crippen molar-refractivity contribution in [1.29, 1.82) is 0 Å². The number of aromatic nitrogens is 2. The smallest absolute Gasteiger partial charge is 0.410 e. The van der Waals surface area contributed by atoms with Crippen LogP contribution in [0.15, 0.2) is 61.1 Å². The summed E-state index contributed by atoms with van der Waals surface area (Å²) in [5.41, 5.74) is 8.90. The van der Waals surface area contributed by atoms with E-state index >= 15 is 0 Å². The van der Waals surface area contributed by atoms with Crippen molar-refractivity contribution in [1.82, 2.24) is 14.5 Å². The summed E-state index contributed by atoms with van der Waals surface area (Å²) >= 11 is 6.58. The highest BCUT2D eigenvalue weighted by molar-refractivity contribution is 6.33. The first-order valence-corrected chi connectivity index (χ1v) is 11.2. The van der Waals surface area contributed by atoms with Gasteiger partial charge in [-0.2, -0.15) is 0 Å². The molecule has 0 radical (unpaired) electrons. The summed E-state index contributed by atoms with van der Waals surface area (Å²) in [7, 11) is 0. The minimum absolute atomic E-state index is 0.359. The van der Waals surface area contributed by atoms with Gasteiger partial charge in [-0.3, -0.25) is 0 Å². The monoisotopic (exact) mass is 454 g/mol. The fourth-order valence-corrected chi connectivity index (χ4v) is 3.66. The number of carbonyl (C=O) groups is 1. The van der Waals surface area contributed by atoms with E-state index in [0.29, 0.717) is 31.1 Å². The van der Waals surface area contributed by atoms with Gasteiger partial charge in [-0.15, -0.1) is 0 Å². The van der Waals surface area contributed by atoms with E-state index in [0.717, 1.165) is 28.9 Å². The molecule has 0 unspecified atom stereocenters. The Morgan fingerprint density at radius 2 is 1.94 bits per heavy atom. The van der Waals surface area contributed by atoms with Crippen LogP contribution in [0.25, 0.3) is 11.1 Å². The quantitative estimate of drug-likeness (QED) is 0.511. The minimum atomic E-state index is -0.577. The number of carbonyl (C=O) groups excluding carboxylic acids is 1. The predicted molar refractivity (Wildman–Crippen MR) is 129 cm³/mol. The van der Waals surface area contributed by atoms with Crippen molar-refractivity contribution < 1.29 is 9.53 Å². The second kappa shape index (κ2) is 10.7. The molecule has 1 aromatic heterocycles. The zero-order valence-electron chi connectivity index (χ0n) is 18.9. The zero-order chi connectivity index (χ0) is 23.1. The molecule has 0 saturated carbocycles. The fraction of sp³-hybridized carbons (Fsp3) is 0.360. The number of hydrogen-bond acceptors (Lipinski definition) is 4. The molecule has 170 valence electrons. The van der Waals surface area contributed by atoms with Gasteiger partial charge in [-0.25, -0.2) is 9.78 Å².